The lowest BCUT2D eigenvalue weighted by molar-refractivity contribution is -0.148. The molecule has 0 aromatic rings. The number of carboxylic acid groups (broad SMARTS) is 1. The van der Waals surface area contributed by atoms with Crippen molar-refractivity contribution in [1.82, 2.24) is 4.90 Å². The molecule has 1 fully saturated rings. The number of carbonyl (C=O) groups excluding carboxylic acids is 1. The maximum atomic E-state index is 12.1. The highest BCUT2D eigenvalue weighted by Crippen LogP contribution is 2.36. The van der Waals surface area contributed by atoms with Gasteiger partial charge in [0.1, 0.15) is 0 Å². The van der Waals surface area contributed by atoms with E-state index in [0.29, 0.717) is 25.9 Å². The number of amides is 1. The summed E-state index contributed by atoms with van der Waals surface area (Å²) in [4.78, 5) is 25.2. The minimum atomic E-state index is -0.767. The summed E-state index contributed by atoms with van der Waals surface area (Å²) in [7, 11) is 0. The van der Waals surface area contributed by atoms with Crippen LogP contribution in [0.25, 0.3) is 0 Å². The Labute approximate surface area is 109 Å². The summed E-state index contributed by atoms with van der Waals surface area (Å²) in [6.45, 7) is 6.67. The lowest BCUT2D eigenvalue weighted by Crippen LogP contribution is -2.37. The molecule has 0 aromatic heterocycles. The predicted octanol–water partition coefficient (Wildman–Crippen LogP) is 2.45. The van der Waals surface area contributed by atoms with Gasteiger partial charge in [0.15, 0.2) is 0 Å². The monoisotopic (exact) mass is 253 g/mol. The Morgan fingerprint density at radius 2 is 2.06 bits per heavy atom. The summed E-state index contributed by atoms with van der Waals surface area (Å²) in [6.07, 6.45) is 4.76. The molecule has 0 aliphatic carbocycles. The van der Waals surface area contributed by atoms with Gasteiger partial charge in [-0.2, -0.15) is 0 Å². The molecule has 0 radical (unpaired) electrons. The standard InChI is InChI=1S/C14H23NO3/c1-4-6-11(3)12(16)15-9-8-14(10-15,7-5-2)13(17)18/h6H,4-5,7-10H2,1-3H3,(H,17,18). The van der Waals surface area contributed by atoms with Gasteiger partial charge in [-0.25, -0.2) is 0 Å². The van der Waals surface area contributed by atoms with Crippen LogP contribution in [0.2, 0.25) is 0 Å². The molecule has 18 heavy (non-hydrogen) atoms. The fraction of sp³-hybridized carbons (Fsp3) is 0.714. The zero-order chi connectivity index (χ0) is 13.8. The molecule has 1 N–H and O–H groups in total. The van der Waals surface area contributed by atoms with E-state index in [1.165, 1.54) is 0 Å². The Balaban J connectivity index is 2.78. The van der Waals surface area contributed by atoms with Crippen molar-refractivity contribution in [1.29, 1.82) is 0 Å². The van der Waals surface area contributed by atoms with Crippen LogP contribution in [0.5, 0.6) is 0 Å². The van der Waals surface area contributed by atoms with Gasteiger partial charge >= 0.3 is 5.97 Å². The normalized spacial score (nSPS) is 24.4. The third kappa shape index (κ3) is 2.92. The first-order valence-corrected chi connectivity index (χ1v) is 6.66. The van der Waals surface area contributed by atoms with Crippen molar-refractivity contribution in [2.45, 2.75) is 46.5 Å². The summed E-state index contributed by atoms with van der Waals surface area (Å²) >= 11 is 0. The van der Waals surface area contributed by atoms with Gasteiger partial charge in [0.05, 0.1) is 5.41 Å². The van der Waals surface area contributed by atoms with Crippen LogP contribution in [0, 0.1) is 5.41 Å². The van der Waals surface area contributed by atoms with E-state index in [9.17, 15) is 14.7 Å². The summed E-state index contributed by atoms with van der Waals surface area (Å²) < 4.78 is 0. The van der Waals surface area contributed by atoms with Crippen molar-refractivity contribution < 1.29 is 14.7 Å². The highest BCUT2D eigenvalue weighted by atomic mass is 16.4. The number of carbonyl (C=O) groups is 2. The second-order valence-corrected chi connectivity index (χ2v) is 5.11. The lowest BCUT2D eigenvalue weighted by atomic mass is 9.83. The summed E-state index contributed by atoms with van der Waals surface area (Å²) in [5.41, 5.74) is -0.00753. The van der Waals surface area contributed by atoms with Crippen LogP contribution < -0.4 is 0 Å². The highest BCUT2D eigenvalue weighted by Gasteiger charge is 2.45. The number of nitrogens with zero attached hydrogens (tertiary/aromatic N) is 1. The van der Waals surface area contributed by atoms with Crippen LogP contribution in [0.1, 0.15) is 46.5 Å². The van der Waals surface area contributed by atoms with Crippen LogP contribution in [-0.2, 0) is 9.59 Å². The van der Waals surface area contributed by atoms with E-state index >= 15 is 0 Å². The first kappa shape index (κ1) is 14.7. The zero-order valence-corrected chi connectivity index (χ0v) is 11.5. The van der Waals surface area contributed by atoms with Crippen LogP contribution in [-0.4, -0.2) is 35.0 Å². The third-order valence-electron chi connectivity index (χ3n) is 3.67. The second kappa shape index (κ2) is 6.03. The van der Waals surface area contributed by atoms with E-state index in [1.54, 1.807) is 11.8 Å². The van der Waals surface area contributed by atoms with Gasteiger partial charge in [0.2, 0.25) is 5.91 Å². The summed E-state index contributed by atoms with van der Waals surface area (Å²) in [5, 5.41) is 9.38. The van der Waals surface area contributed by atoms with E-state index < -0.39 is 11.4 Å². The quantitative estimate of drug-likeness (QED) is 0.766. The molecule has 1 atom stereocenters. The maximum Gasteiger partial charge on any atom is 0.311 e. The van der Waals surface area contributed by atoms with E-state index in [-0.39, 0.29) is 5.91 Å². The molecule has 0 spiro atoms. The molecule has 1 unspecified atom stereocenters. The van der Waals surface area contributed by atoms with Crippen LogP contribution in [0.4, 0.5) is 0 Å². The predicted molar refractivity (Wildman–Crippen MR) is 70.2 cm³/mol. The van der Waals surface area contributed by atoms with Crippen LogP contribution >= 0.6 is 0 Å². The smallest absolute Gasteiger partial charge is 0.311 e. The molecule has 0 bridgehead atoms. The molecule has 4 nitrogen and oxygen atoms in total. The Hall–Kier alpha value is -1.32. The topological polar surface area (TPSA) is 57.6 Å². The maximum absolute atomic E-state index is 12.1. The van der Waals surface area contributed by atoms with E-state index in [1.807, 2.05) is 19.9 Å². The number of allylic oxidation sites excluding steroid dienone is 1. The Morgan fingerprint density at radius 1 is 1.39 bits per heavy atom. The van der Waals surface area contributed by atoms with E-state index in [0.717, 1.165) is 18.4 Å². The first-order valence-electron chi connectivity index (χ1n) is 6.66. The number of hydrogen-bond acceptors (Lipinski definition) is 2. The molecule has 1 rings (SSSR count). The van der Waals surface area contributed by atoms with Crippen molar-refractivity contribution in [2.75, 3.05) is 13.1 Å². The molecule has 1 aliphatic rings. The largest absolute Gasteiger partial charge is 0.481 e. The minimum Gasteiger partial charge on any atom is -0.481 e. The summed E-state index contributed by atoms with van der Waals surface area (Å²) in [5.74, 6) is -0.784. The number of aliphatic carboxylic acids is 1. The molecule has 4 heteroatoms. The van der Waals surface area contributed by atoms with Gasteiger partial charge in [-0.3, -0.25) is 9.59 Å². The minimum absolute atomic E-state index is 0.0175. The van der Waals surface area contributed by atoms with Crippen LogP contribution in [0.3, 0.4) is 0 Å². The molecule has 1 heterocycles. The zero-order valence-electron chi connectivity index (χ0n) is 11.5. The number of likely N-dealkylation sites (tertiary alicyclic amines) is 1. The Bertz CT molecular complexity index is 362. The average molecular weight is 253 g/mol. The van der Waals surface area contributed by atoms with Gasteiger partial charge in [0.25, 0.3) is 0 Å². The van der Waals surface area contributed by atoms with E-state index in [4.69, 9.17) is 0 Å². The second-order valence-electron chi connectivity index (χ2n) is 5.11. The van der Waals surface area contributed by atoms with Crippen molar-refractivity contribution in [2.24, 2.45) is 5.41 Å². The molecule has 1 saturated heterocycles. The fourth-order valence-electron chi connectivity index (χ4n) is 2.65. The lowest BCUT2D eigenvalue weighted by Gasteiger charge is -2.24. The van der Waals surface area contributed by atoms with Crippen molar-refractivity contribution in [3.8, 4) is 0 Å². The van der Waals surface area contributed by atoms with Crippen molar-refractivity contribution in [3.63, 3.8) is 0 Å². The number of carboxylic acids is 1. The molecular weight excluding hydrogens is 230 g/mol. The Morgan fingerprint density at radius 3 is 2.56 bits per heavy atom. The molecular formula is C14H23NO3. The Kier molecular flexibility index (Phi) is 4.93. The van der Waals surface area contributed by atoms with Gasteiger partial charge in [0, 0.05) is 18.7 Å². The fourth-order valence-corrected chi connectivity index (χ4v) is 2.65. The van der Waals surface area contributed by atoms with Crippen molar-refractivity contribution >= 4 is 11.9 Å². The number of hydrogen-bond donors (Lipinski definition) is 1. The third-order valence-corrected chi connectivity index (χ3v) is 3.67. The molecule has 1 amide bonds. The van der Waals surface area contributed by atoms with Gasteiger partial charge in [-0.15, -0.1) is 0 Å². The first-order chi connectivity index (χ1) is 8.46. The van der Waals surface area contributed by atoms with Gasteiger partial charge in [-0.05, 0) is 26.2 Å². The number of rotatable bonds is 5. The highest BCUT2D eigenvalue weighted by molar-refractivity contribution is 5.93. The molecule has 0 aromatic carbocycles. The SMILES string of the molecule is CCC=C(C)C(=O)N1CCC(CCC)(C(=O)O)C1. The van der Waals surface area contributed by atoms with E-state index in [2.05, 4.69) is 0 Å². The molecule has 1 aliphatic heterocycles. The van der Waals surface area contributed by atoms with Crippen molar-refractivity contribution in [3.05, 3.63) is 11.6 Å². The molecule has 0 saturated carbocycles. The summed E-state index contributed by atoms with van der Waals surface area (Å²) in [6, 6.07) is 0. The molecule has 102 valence electrons. The van der Waals surface area contributed by atoms with Gasteiger partial charge in [-0.1, -0.05) is 26.3 Å². The van der Waals surface area contributed by atoms with Crippen LogP contribution in [0.15, 0.2) is 11.6 Å². The van der Waals surface area contributed by atoms with Gasteiger partial charge < -0.3 is 10.0 Å². The average Bonchev–Trinajstić information content (AvgIpc) is 2.74.